The third-order valence-electron chi connectivity index (χ3n) is 5.45. The lowest BCUT2D eigenvalue weighted by Gasteiger charge is -2.18. The molecule has 0 atom stereocenters. The molecule has 1 aliphatic rings. The summed E-state index contributed by atoms with van der Waals surface area (Å²) < 4.78 is 12.5. The Kier molecular flexibility index (Phi) is 6.49. The van der Waals surface area contributed by atoms with Crippen molar-refractivity contribution in [1.29, 1.82) is 0 Å². The van der Waals surface area contributed by atoms with Crippen LogP contribution < -0.4 is 9.64 Å². The Morgan fingerprint density at radius 2 is 2.06 bits per heavy atom. The van der Waals surface area contributed by atoms with Crippen LogP contribution >= 0.6 is 23.4 Å². The molecule has 33 heavy (non-hydrogen) atoms. The van der Waals surface area contributed by atoms with Gasteiger partial charge in [-0.3, -0.25) is 14.5 Å². The van der Waals surface area contributed by atoms with Gasteiger partial charge in [-0.2, -0.15) is 0 Å². The van der Waals surface area contributed by atoms with Crippen molar-refractivity contribution in [3.8, 4) is 5.75 Å². The Labute approximate surface area is 200 Å². The summed E-state index contributed by atoms with van der Waals surface area (Å²) in [4.78, 5) is 32.1. The Hall–Kier alpha value is -3.23. The first kappa shape index (κ1) is 22.9. The molecular formula is C24H22ClN3O4S. The van der Waals surface area contributed by atoms with E-state index in [0.29, 0.717) is 33.0 Å². The average Bonchev–Trinajstić information content (AvgIpc) is 3.48. The zero-order chi connectivity index (χ0) is 23.7. The topological polar surface area (TPSA) is 77.0 Å². The normalized spacial score (nSPS) is 14.8. The third kappa shape index (κ3) is 4.49. The minimum atomic E-state index is -0.339. The number of ketones is 1. The number of amides is 1. The van der Waals surface area contributed by atoms with Gasteiger partial charge in [0.2, 0.25) is 0 Å². The second kappa shape index (κ2) is 9.33. The maximum absolute atomic E-state index is 13.3. The molecule has 7 nitrogen and oxygen atoms in total. The number of hydrogen-bond acceptors (Lipinski definition) is 6. The van der Waals surface area contributed by atoms with Gasteiger partial charge < -0.3 is 13.7 Å². The minimum absolute atomic E-state index is 0.0347. The van der Waals surface area contributed by atoms with E-state index in [0.717, 1.165) is 11.4 Å². The van der Waals surface area contributed by atoms with Gasteiger partial charge in [-0.1, -0.05) is 23.4 Å². The minimum Gasteiger partial charge on any atom is -0.495 e. The van der Waals surface area contributed by atoms with Crippen molar-refractivity contribution in [2.75, 3.05) is 17.8 Å². The van der Waals surface area contributed by atoms with Gasteiger partial charge in [0, 0.05) is 30.1 Å². The molecule has 170 valence electrons. The predicted molar refractivity (Wildman–Crippen MR) is 131 cm³/mol. The van der Waals surface area contributed by atoms with Gasteiger partial charge in [-0.15, -0.1) is 0 Å². The Morgan fingerprint density at radius 1 is 1.27 bits per heavy atom. The van der Waals surface area contributed by atoms with Gasteiger partial charge in [0.05, 0.1) is 29.8 Å². The largest absolute Gasteiger partial charge is 0.495 e. The molecule has 0 radical (unpaired) electrons. The number of aromatic nitrogens is 1. The van der Waals surface area contributed by atoms with Crippen molar-refractivity contribution in [1.82, 2.24) is 4.57 Å². The number of aryl methyl sites for hydroxylation is 1. The number of methoxy groups -OCH3 is 1. The van der Waals surface area contributed by atoms with Crippen molar-refractivity contribution < 1.29 is 18.7 Å². The van der Waals surface area contributed by atoms with Crippen LogP contribution in [0.15, 0.2) is 57.8 Å². The lowest BCUT2D eigenvalue weighted by molar-refractivity contribution is -0.113. The van der Waals surface area contributed by atoms with E-state index in [1.54, 1.807) is 36.4 Å². The first-order valence-corrected chi connectivity index (χ1v) is 11.5. The number of carbonyl (C=O) groups is 2. The number of nitrogens with zero attached hydrogens (tertiary/aromatic N) is 3. The van der Waals surface area contributed by atoms with Crippen LogP contribution in [0.4, 0.5) is 5.69 Å². The highest BCUT2D eigenvalue weighted by Crippen LogP contribution is 2.34. The summed E-state index contributed by atoms with van der Waals surface area (Å²) in [7, 11) is 3.45. The van der Waals surface area contributed by atoms with E-state index in [2.05, 4.69) is 4.99 Å². The number of thioether (sulfide) groups is 1. The summed E-state index contributed by atoms with van der Waals surface area (Å²) in [6.07, 6.45) is 3.09. The predicted octanol–water partition coefficient (Wildman–Crippen LogP) is 5.26. The fourth-order valence-corrected chi connectivity index (χ4v) is 4.62. The maximum Gasteiger partial charge on any atom is 0.283 e. The molecule has 9 heteroatoms. The molecule has 0 aliphatic carbocycles. The van der Waals surface area contributed by atoms with E-state index < -0.39 is 0 Å². The molecule has 0 saturated carbocycles. The van der Waals surface area contributed by atoms with Crippen molar-refractivity contribution in [3.63, 3.8) is 0 Å². The lowest BCUT2D eigenvalue weighted by Crippen LogP contribution is -2.30. The number of carbonyl (C=O) groups excluding carboxylic acids is 2. The third-order valence-corrected chi connectivity index (χ3v) is 6.69. The molecule has 0 unspecified atom stereocenters. The Bertz CT molecular complexity index is 1290. The number of Topliss-reactive ketones (excluding diaryl/α,β-unsaturated/α-hetero) is 1. The van der Waals surface area contributed by atoms with Crippen LogP contribution in [0.1, 0.15) is 27.5 Å². The summed E-state index contributed by atoms with van der Waals surface area (Å²) >= 11 is 7.50. The summed E-state index contributed by atoms with van der Waals surface area (Å²) in [5.74, 6) is 0.759. The monoisotopic (exact) mass is 483 g/mol. The molecule has 2 aromatic heterocycles. The van der Waals surface area contributed by atoms with Gasteiger partial charge in [0.1, 0.15) is 17.2 Å². The SMILES string of the molecule is COc1ccc(N2C(=O)C(=Cc3ccco3)N=C2SCC(=O)c2cc(C)n(C)c2C)cc1Cl. The molecule has 0 saturated heterocycles. The summed E-state index contributed by atoms with van der Waals surface area (Å²) in [6.45, 7) is 3.87. The van der Waals surface area contributed by atoms with Crippen LogP contribution in [0, 0.1) is 13.8 Å². The van der Waals surface area contributed by atoms with Crippen molar-refractivity contribution in [2.45, 2.75) is 13.8 Å². The number of furan rings is 1. The standard InChI is InChI=1S/C24H22ClN3O4S/c1-14-10-18(15(2)27(14)3)21(29)13-33-24-26-20(12-17-6-5-9-32-17)23(30)28(24)16-7-8-22(31-4)19(25)11-16/h5-12H,13H2,1-4H3. The van der Waals surface area contributed by atoms with Crippen molar-refractivity contribution >= 4 is 52.0 Å². The highest BCUT2D eigenvalue weighted by molar-refractivity contribution is 8.14. The number of halogens is 1. The van der Waals surface area contributed by atoms with E-state index in [-0.39, 0.29) is 23.1 Å². The number of hydrogen-bond donors (Lipinski definition) is 0. The van der Waals surface area contributed by atoms with Crippen molar-refractivity contribution in [3.05, 3.63) is 76.1 Å². The fraction of sp³-hybridized carbons (Fsp3) is 0.208. The van der Waals surface area contributed by atoms with E-state index in [4.69, 9.17) is 20.8 Å². The Morgan fingerprint density at radius 3 is 2.67 bits per heavy atom. The molecule has 4 rings (SSSR count). The van der Waals surface area contributed by atoms with Crippen LogP contribution in [0.25, 0.3) is 6.08 Å². The summed E-state index contributed by atoms with van der Waals surface area (Å²) in [5, 5.41) is 0.750. The van der Waals surface area contributed by atoms with Crippen LogP contribution in [-0.2, 0) is 11.8 Å². The number of aliphatic imine (C=N–C) groups is 1. The number of anilines is 1. The van der Waals surface area contributed by atoms with Crippen LogP contribution in [0.3, 0.4) is 0 Å². The number of amidine groups is 1. The molecule has 0 spiro atoms. The lowest BCUT2D eigenvalue weighted by atomic mass is 10.2. The molecule has 0 N–H and O–H groups in total. The summed E-state index contributed by atoms with van der Waals surface area (Å²) in [5.41, 5.74) is 3.31. The molecule has 0 bridgehead atoms. The summed E-state index contributed by atoms with van der Waals surface area (Å²) in [6, 6.07) is 10.4. The van der Waals surface area contributed by atoms with Gasteiger partial charge in [0.15, 0.2) is 11.0 Å². The zero-order valence-electron chi connectivity index (χ0n) is 18.6. The van der Waals surface area contributed by atoms with E-state index in [1.807, 2.05) is 31.5 Å². The first-order valence-electron chi connectivity index (χ1n) is 10.1. The second-order valence-electron chi connectivity index (χ2n) is 7.45. The molecule has 3 heterocycles. The highest BCUT2D eigenvalue weighted by Gasteiger charge is 2.33. The second-order valence-corrected chi connectivity index (χ2v) is 8.80. The molecular weight excluding hydrogens is 462 g/mol. The molecule has 1 amide bonds. The molecule has 1 aliphatic heterocycles. The Balaban J connectivity index is 1.65. The van der Waals surface area contributed by atoms with Gasteiger partial charge in [-0.25, -0.2) is 4.99 Å². The van der Waals surface area contributed by atoms with E-state index in [1.165, 1.54) is 30.0 Å². The molecule has 3 aromatic rings. The zero-order valence-corrected chi connectivity index (χ0v) is 20.2. The smallest absolute Gasteiger partial charge is 0.283 e. The van der Waals surface area contributed by atoms with Crippen LogP contribution in [0.5, 0.6) is 5.75 Å². The van der Waals surface area contributed by atoms with Gasteiger partial charge in [-0.05, 0) is 50.2 Å². The average molecular weight is 484 g/mol. The molecule has 0 fully saturated rings. The molecule has 1 aromatic carbocycles. The van der Waals surface area contributed by atoms with E-state index >= 15 is 0 Å². The fourth-order valence-electron chi connectivity index (χ4n) is 3.47. The van der Waals surface area contributed by atoms with Crippen molar-refractivity contribution in [2.24, 2.45) is 12.0 Å². The van der Waals surface area contributed by atoms with Gasteiger partial charge in [0.25, 0.3) is 5.91 Å². The number of ether oxygens (including phenoxy) is 1. The van der Waals surface area contributed by atoms with Gasteiger partial charge >= 0.3 is 0 Å². The van der Waals surface area contributed by atoms with E-state index in [9.17, 15) is 9.59 Å². The maximum atomic E-state index is 13.3. The van der Waals surface area contributed by atoms with Crippen LogP contribution in [0.2, 0.25) is 5.02 Å². The number of rotatable bonds is 6. The van der Waals surface area contributed by atoms with Crippen LogP contribution in [-0.4, -0.2) is 34.3 Å². The first-order chi connectivity index (χ1) is 15.8. The highest BCUT2D eigenvalue weighted by atomic mass is 35.5. The quantitative estimate of drug-likeness (QED) is 0.353. The number of benzene rings is 1.